The maximum atomic E-state index is 9.79. The van der Waals surface area contributed by atoms with Crippen molar-refractivity contribution in [3.63, 3.8) is 0 Å². The molecule has 0 unspecified atom stereocenters. The molecule has 0 aromatic carbocycles. The summed E-state index contributed by atoms with van der Waals surface area (Å²) in [5.41, 5.74) is 0. The Morgan fingerprint density at radius 2 is 2.38 bits per heavy atom. The number of aliphatic carboxylic acids is 1. The molecule has 0 radical (unpaired) electrons. The molecule has 46 valence electrons. The summed E-state index contributed by atoms with van der Waals surface area (Å²) >= 11 is 0. The summed E-state index contributed by atoms with van der Waals surface area (Å²) in [6, 6.07) is 0. The lowest BCUT2D eigenvalue weighted by molar-refractivity contribution is -0.146. The van der Waals surface area contributed by atoms with Gasteiger partial charge >= 0.3 is 5.97 Å². The first-order valence-corrected chi connectivity index (χ1v) is 2.20. The van der Waals surface area contributed by atoms with Crippen LogP contribution in [0.3, 0.4) is 0 Å². The van der Waals surface area contributed by atoms with Gasteiger partial charge in [-0.2, -0.15) is 0 Å². The zero-order valence-corrected chi connectivity index (χ0v) is 4.37. The Morgan fingerprint density at radius 3 is 2.50 bits per heavy atom. The van der Waals surface area contributed by atoms with E-state index in [1.807, 2.05) is 0 Å². The molecule has 0 aromatic heterocycles. The summed E-state index contributed by atoms with van der Waals surface area (Å²) in [5, 5.41) is 16.5. The zero-order chi connectivity index (χ0) is 6.57. The van der Waals surface area contributed by atoms with E-state index in [9.17, 15) is 4.79 Å². The van der Waals surface area contributed by atoms with Crippen LogP contribution < -0.4 is 0 Å². The van der Waals surface area contributed by atoms with Crippen molar-refractivity contribution in [3.05, 3.63) is 12.7 Å². The Morgan fingerprint density at radius 1 is 1.88 bits per heavy atom. The number of carboxylic acid groups (broad SMARTS) is 1. The van der Waals surface area contributed by atoms with E-state index < -0.39 is 12.1 Å². The van der Waals surface area contributed by atoms with Gasteiger partial charge in [-0.1, -0.05) is 6.08 Å². The summed E-state index contributed by atoms with van der Waals surface area (Å²) in [4.78, 5) is 9.79. The van der Waals surface area contributed by atoms with E-state index >= 15 is 0 Å². The summed E-state index contributed by atoms with van der Waals surface area (Å²) < 4.78 is 0. The first-order valence-electron chi connectivity index (χ1n) is 2.20. The van der Waals surface area contributed by atoms with Gasteiger partial charge in [-0.25, -0.2) is 4.79 Å². The largest absolute Gasteiger partial charge is 0.479 e. The summed E-state index contributed by atoms with van der Waals surface area (Å²) in [7, 11) is 0. The monoisotopic (exact) mass is 116 g/mol. The number of aliphatic hydroxyl groups is 1. The van der Waals surface area contributed by atoms with Gasteiger partial charge in [0.15, 0.2) is 6.10 Å². The Labute approximate surface area is 47.3 Å². The van der Waals surface area contributed by atoms with Crippen molar-refractivity contribution in [2.24, 2.45) is 0 Å². The molecular weight excluding hydrogens is 108 g/mol. The number of hydrogen-bond acceptors (Lipinski definition) is 2. The van der Waals surface area contributed by atoms with Gasteiger partial charge in [0.1, 0.15) is 0 Å². The van der Waals surface area contributed by atoms with E-state index in [1.54, 1.807) is 0 Å². The molecule has 0 saturated carbocycles. The highest BCUT2D eigenvalue weighted by molar-refractivity contribution is 5.72. The van der Waals surface area contributed by atoms with E-state index in [-0.39, 0.29) is 6.42 Å². The molecule has 0 heterocycles. The van der Waals surface area contributed by atoms with E-state index in [0.29, 0.717) is 0 Å². The molecule has 0 rings (SSSR count). The Kier molecular flexibility index (Phi) is 2.88. The van der Waals surface area contributed by atoms with E-state index in [1.165, 1.54) is 6.08 Å². The second kappa shape index (κ2) is 3.21. The van der Waals surface area contributed by atoms with Crippen LogP contribution in [-0.4, -0.2) is 22.3 Å². The van der Waals surface area contributed by atoms with Gasteiger partial charge in [0.2, 0.25) is 0 Å². The van der Waals surface area contributed by atoms with Crippen molar-refractivity contribution >= 4 is 5.97 Å². The van der Waals surface area contributed by atoms with Crippen molar-refractivity contribution < 1.29 is 15.0 Å². The third-order valence-corrected chi connectivity index (χ3v) is 0.675. The molecule has 2 N–H and O–H groups in total. The molecule has 0 aliphatic carbocycles. The third kappa shape index (κ3) is 2.36. The fourth-order valence-corrected chi connectivity index (χ4v) is 0.259. The first-order chi connectivity index (χ1) is 3.68. The van der Waals surface area contributed by atoms with Gasteiger partial charge in [0.05, 0.1) is 0 Å². The highest BCUT2D eigenvalue weighted by atomic mass is 16.4. The Balaban J connectivity index is 3.46. The average molecular weight is 116 g/mol. The van der Waals surface area contributed by atoms with Crippen LogP contribution in [-0.2, 0) is 4.79 Å². The van der Waals surface area contributed by atoms with Crippen molar-refractivity contribution in [1.29, 1.82) is 0 Å². The maximum absolute atomic E-state index is 9.79. The topological polar surface area (TPSA) is 57.5 Å². The second-order valence-corrected chi connectivity index (χ2v) is 1.38. The summed E-state index contributed by atoms with van der Waals surface area (Å²) in [6.45, 7) is 3.26. The van der Waals surface area contributed by atoms with Gasteiger partial charge < -0.3 is 10.2 Å². The zero-order valence-electron chi connectivity index (χ0n) is 4.37. The molecule has 3 nitrogen and oxygen atoms in total. The lowest BCUT2D eigenvalue weighted by Gasteiger charge is -1.97. The highest BCUT2D eigenvalue weighted by Gasteiger charge is 2.08. The molecule has 1 atom stereocenters. The normalized spacial score (nSPS) is 12.6. The van der Waals surface area contributed by atoms with Crippen LogP contribution in [0.5, 0.6) is 0 Å². The average Bonchev–Trinajstić information content (AvgIpc) is 1.67. The van der Waals surface area contributed by atoms with Gasteiger partial charge in [0, 0.05) is 6.42 Å². The van der Waals surface area contributed by atoms with E-state index in [0.717, 1.165) is 0 Å². The lowest BCUT2D eigenvalue weighted by atomic mass is 10.3. The predicted molar refractivity (Wildman–Crippen MR) is 28.5 cm³/mol. The minimum absolute atomic E-state index is 0.106. The van der Waals surface area contributed by atoms with Gasteiger partial charge in [-0.15, -0.1) is 6.58 Å². The van der Waals surface area contributed by atoms with Crippen LogP contribution in [0.15, 0.2) is 12.7 Å². The molecule has 3 heteroatoms. The molecule has 0 spiro atoms. The summed E-state index contributed by atoms with van der Waals surface area (Å²) in [6.07, 6.45) is 0.182. The van der Waals surface area contributed by atoms with Gasteiger partial charge in [-0.3, -0.25) is 0 Å². The third-order valence-electron chi connectivity index (χ3n) is 0.675. The SMILES string of the molecule is C=CC[C@@H](O)C(=O)O. The van der Waals surface area contributed by atoms with E-state index in [2.05, 4.69) is 6.58 Å². The summed E-state index contributed by atoms with van der Waals surface area (Å²) in [5.74, 6) is -1.20. The van der Waals surface area contributed by atoms with Crippen molar-refractivity contribution in [3.8, 4) is 0 Å². The molecule has 0 saturated heterocycles. The van der Waals surface area contributed by atoms with Crippen LogP contribution >= 0.6 is 0 Å². The predicted octanol–water partition coefficient (Wildman–Crippen LogP) is 0.00800. The highest BCUT2D eigenvalue weighted by Crippen LogP contribution is 1.89. The van der Waals surface area contributed by atoms with Gasteiger partial charge in [0.25, 0.3) is 0 Å². The molecule has 0 bridgehead atoms. The van der Waals surface area contributed by atoms with E-state index in [4.69, 9.17) is 10.2 Å². The van der Waals surface area contributed by atoms with Crippen molar-refractivity contribution in [1.82, 2.24) is 0 Å². The number of rotatable bonds is 3. The first kappa shape index (κ1) is 7.17. The molecule has 0 aliphatic rings. The Hall–Kier alpha value is -0.830. The smallest absolute Gasteiger partial charge is 0.332 e. The molecular formula is C5H8O3. The minimum Gasteiger partial charge on any atom is -0.479 e. The number of aliphatic hydroxyl groups excluding tert-OH is 1. The van der Waals surface area contributed by atoms with Crippen LogP contribution in [0.4, 0.5) is 0 Å². The second-order valence-electron chi connectivity index (χ2n) is 1.38. The quantitative estimate of drug-likeness (QED) is 0.510. The van der Waals surface area contributed by atoms with Crippen molar-refractivity contribution in [2.75, 3.05) is 0 Å². The molecule has 0 aliphatic heterocycles. The van der Waals surface area contributed by atoms with Gasteiger partial charge in [-0.05, 0) is 0 Å². The van der Waals surface area contributed by atoms with Crippen molar-refractivity contribution in [2.45, 2.75) is 12.5 Å². The molecule has 8 heavy (non-hydrogen) atoms. The molecule has 0 amide bonds. The lowest BCUT2D eigenvalue weighted by Crippen LogP contribution is -2.17. The maximum Gasteiger partial charge on any atom is 0.332 e. The Bertz CT molecular complexity index is 97.8. The fraction of sp³-hybridized carbons (Fsp3) is 0.400. The number of carbonyl (C=O) groups is 1. The number of carboxylic acids is 1. The molecule has 0 aromatic rings. The van der Waals surface area contributed by atoms with Crippen LogP contribution in [0.25, 0.3) is 0 Å². The fourth-order valence-electron chi connectivity index (χ4n) is 0.259. The van der Waals surface area contributed by atoms with Crippen LogP contribution in [0.1, 0.15) is 6.42 Å². The van der Waals surface area contributed by atoms with Crippen LogP contribution in [0.2, 0.25) is 0 Å². The number of hydrogen-bond donors (Lipinski definition) is 2. The molecule has 0 fully saturated rings. The standard InChI is InChI=1S/C5H8O3/c1-2-3-4(6)5(7)8/h2,4,6H,1,3H2,(H,7,8)/t4-/m1/s1. The minimum atomic E-state index is -1.28. The van der Waals surface area contributed by atoms with Crippen LogP contribution in [0, 0.1) is 0 Å².